The lowest BCUT2D eigenvalue weighted by molar-refractivity contribution is -0.161. The Morgan fingerprint density at radius 2 is 0.465 bits per heavy atom. The van der Waals surface area contributed by atoms with Crippen molar-refractivity contribution in [3.8, 4) is 0 Å². The zero-order valence-electron chi connectivity index (χ0n) is 69.6. The van der Waals surface area contributed by atoms with Gasteiger partial charge in [-0.15, -0.1) is 0 Å². The average molecular weight is 1620 g/mol. The van der Waals surface area contributed by atoms with Crippen LogP contribution in [0.1, 0.15) is 259 Å². The average Bonchev–Trinajstić information content (AvgIpc) is 0.899. The molecule has 0 fully saturated rings. The highest BCUT2D eigenvalue weighted by molar-refractivity contribution is 7.47. The predicted octanol–water partition coefficient (Wildman–Crippen LogP) is 25.3. The second-order valence-electron chi connectivity index (χ2n) is 26.6. The molecular weight excluding hydrogens is 1470 g/mol. The molecule has 0 saturated heterocycles. The minimum atomic E-state index is -5.05. The van der Waals surface area contributed by atoms with E-state index in [1.807, 2.05) is 66.8 Å². The molecule has 0 amide bonds. The molecule has 0 aliphatic carbocycles. The molecule has 636 valence electrons. The fourth-order valence-electron chi connectivity index (χ4n) is 9.72. The first-order chi connectivity index (χ1) is 55.7. The van der Waals surface area contributed by atoms with E-state index in [4.69, 9.17) is 37.0 Å². The van der Waals surface area contributed by atoms with Crippen molar-refractivity contribution < 1.29 is 80.2 Å². The maximum absolute atomic E-state index is 13.1. The Morgan fingerprint density at radius 1 is 0.254 bits per heavy atom. The van der Waals surface area contributed by atoms with Crippen LogP contribution in [0.2, 0.25) is 0 Å². The zero-order valence-corrected chi connectivity index (χ0v) is 71.4. The summed E-state index contributed by atoms with van der Waals surface area (Å²) in [4.78, 5) is 73.1. The van der Waals surface area contributed by atoms with Gasteiger partial charge in [0.2, 0.25) is 0 Å². The van der Waals surface area contributed by atoms with E-state index in [0.717, 1.165) is 116 Å². The molecule has 17 nitrogen and oxygen atoms in total. The Labute approximate surface area is 688 Å². The summed E-state index contributed by atoms with van der Waals surface area (Å²) in [6.45, 7) is 4.22. The summed E-state index contributed by atoms with van der Waals surface area (Å²) in [6, 6.07) is 0. The van der Waals surface area contributed by atoms with Gasteiger partial charge in [-0.2, -0.15) is 0 Å². The molecule has 3 N–H and O–H groups in total. The van der Waals surface area contributed by atoms with Gasteiger partial charge in [0.1, 0.15) is 19.3 Å². The predicted molar refractivity (Wildman–Crippen MR) is 472 cm³/mol. The van der Waals surface area contributed by atoms with Gasteiger partial charge in [0.15, 0.2) is 12.2 Å². The molecule has 5 atom stereocenters. The van der Waals surface area contributed by atoms with E-state index >= 15 is 0 Å². The Kier molecular flexibility index (Phi) is 78.1. The minimum Gasteiger partial charge on any atom is -0.462 e. The molecule has 0 aliphatic rings. The van der Waals surface area contributed by atoms with Gasteiger partial charge in [-0.25, -0.2) is 9.13 Å². The van der Waals surface area contributed by atoms with Gasteiger partial charge >= 0.3 is 39.5 Å². The summed E-state index contributed by atoms with van der Waals surface area (Å²) in [5.41, 5.74) is 0. The molecule has 114 heavy (non-hydrogen) atoms. The van der Waals surface area contributed by atoms with Crippen LogP contribution in [-0.2, 0) is 65.4 Å². The van der Waals surface area contributed by atoms with Gasteiger partial charge in [0.05, 0.1) is 26.4 Å². The van der Waals surface area contributed by atoms with Crippen LogP contribution in [0.3, 0.4) is 0 Å². The normalized spacial score (nSPS) is 15.0. The zero-order chi connectivity index (χ0) is 83.1. The van der Waals surface area contributed by atoms with Gasteiger partial charge in [0, 0.05) is 25.7 Å². The molecule has 0 aromatic rings. The van der Waals surface area contributed by atoms with Crippen molar-refractivity contribution in [2.75, 3.05) is 39.6 Å². The number of hydrogen-bond acceptors (Lipinski definition) is 15. The van der Waals surface area contributed by atoms with Crippen LogP contribution in [0, 0.1) is 0 Å². The number of esters is 4. The molecule has 0 rings (SSSR count). The van der Waals surface area contributed by atoms with Crippen LogP contribution in [0.15, 0.2) is 255 Å². The molecule has 0 aromatic heterocycles. The first-order valence-corrected chi connectivity index (χ1v) is 44.9. The third-order valence-electron chi connectivity index (χ3n) is 16.0. The van der Waals surface area contributed by atoms with Crippen LogP contribution in [0.4, 0.5) is 0 Å². The summed E-state index contributed by atoms with van der Waals surface area (Å²) >= 11 is 0. The molecule has 2 unspecified atom stereocenters. The van der Waals surface area contributed by atoms with Crippen molar-refractivity contribution in [1.29, 1.82) is 0 Å². The third-order valence-corrected chi connectivity index (χ3v) is 17.9. The molecule has 0 aliphatic heterocycles. The van der Waals surface area contributed by atoms with Crippen molar-refractivity contribution in [3.05, 3.63) is 255 Å². The van der Waals surface area contributed by atoms with E-state index in [2.05, 4.69) is 216 Å². The van der Waals surface area contributed by atoms with Crippen LogP contribution in [0.5, 0.6) is 0 Å². The second kappa shape index (κ2) is 83.5. The summed E-state index contributed by atoms with van der Waals surface area (Å²) in [7, 11) is -10.1. The van der Waals surface area contributed by atoms with Gasteiger partial charge in [-0.05, 0) is 180 Å². The lowest BCUT2D eigenvalue weighted by Crippen LogP contribution is -2.30. The third kappa shape index (κ3) is 82.6. The molecule has 0 spiro atoms. The molecule has 0 heterocycles. The summed E-state index contributed by atoms with van der Waals surface area (Å²) < 4.78 is 68.4. The lowest BCUT2D eigenvalue weighted by atomic mass is 10.2. The van der Waals surface area contributed by atoms with Crippen molar-refractivity contribution in [1.82, 2.24) is 0 Å². The maximum atomic E-state index is 13.1. The van der Waals surface area contributed by atoms with Crippen LogP contribution in [-0.4, -0.2) is 96.7 Å². The Bertz CT molecular complexity index is 3170. The highest BCUT2D eigenvalue weighted by Crippen LogP contribution is 2.45. The fourth-order valence-corrected chi connectivity index (χ4v) is 11.3. The number of phosphoric acid groups is 2. The van der Waals surface area contributed by atoms with Gasteiger partial charge in [0.25, 0.3) is 0 Å². The standard InChI is InChI=1S/C95H144O17P2/c1-5-9-13-17-21-25-29-33-37-41-44-48-51-55-59-63-67-71-75-79-92(97)105-85-90(111-94(99)81-77-73-69-65-61-57-53-47-40-36-32-28-24-20-16-12-8-4)87-109-113(101,102)107-83-89(96)84-108-114(103,104)110-88-91(112-95(100)82-78-74-70-66-62-58-54-50-46-43-39-35-31-27-23-19-15-11-7-3)86-106-93(98)80-76-72-68-64-60-56-52-49-45-42-38-34-30-26-22-18-14-10-6-2/h10-11,14-15,21-28,33-40,44-46,48-50,53,55-60,62,65,67-72,74,89-91,96H,5-9,12-13,16-20,29-32,41-43,47,51-52,54,61,63-64,66,73,75-88H2,1-4H3,(H,101,102)(H,103,104)/b14-10-,15-11-,25-21-,26-22-,27-23-,28-24-,37-33-,38-34-,39-35-,40-36-,48-44-,49-45-,50-46-,57-53-,59-55-,60-56-,62-58-,69-65-,71-67-,72-68-,74-70-/t89-,90+,91+/m0/s1. The number of ether oxygens (including phenoxy) is 4. The maximum Gasteiger partial charge on any atom is 0.472 e. The number of carbonyl (C=O) groups excluding carboxylic acids is 4. The lowest BCUT2D eigenvalue weighted by Gasteiger charge is -2.21. The Morgan fingerprint density at radius 3 is 0.719 bits per heavy atom. The summed E-state index contributed by atoms with van der Waals surface area (Å²) in [5.74, 6) is -2.57. The quantitative estimate of drug-likeness (QED) is 0.0169. The number of allylic oxidation sites excluding steroid dienone is 42. The smallest absolute Gasteiger partial charge is 0.462 e. The van der Waals surface area contributed by atoms with E-state index in [1.54, 1.807) is 0 Å². The molecule has 0 aromatic carbocycles. The van der Waals surface area contributed by atoms with E-state index in [1.165, 1.54) is 38.5 Å². The number of rotatable bonds is 75. The van der Waals surface area contributed by atoms with Crippen molar-refractivity contribution in [3.63, 3.8) is 0 Å². The van der Waals surface area contributed by atoms with Crippen LogP contribution < -0.4 is 0 Å². The SMILES string of the molecule is CC/C=C\C/C=C\C/C=C\C/C=C\C/C=C\C/C=C\CCC(=O)OC[C@H](COP(=O)(O)OC[C@@H](O)COP(=O)(O)OC[C@@H](COC(=O)CC/C=C\C/C=C\C/C=C\C/C=C\C/C=C\CCCCC)OC(=O)CCC/C=C\C/C=C\C/C=C\C/C=C\CCCCC)OC(=O)CC/C=C\C/C=C\C/C=C\C/C=C\C/C=C\C/C=C\CC. The van der Waals surface area contributed by atoms with Crippen molar-refractivity contribution >= 4 is 39.5 Å². The highest BCUT2D eigenvalue weighted by atomic mass is 31.2. The van der Waals surface area contributed by atoms with E-state index in [9.17, 15) is 43.2 Å². The number of aliphatic hydroxyl groups is 1. The summed E-state index contributed by atoms with van der Waals surface area (Å²) in [6.07, 6.45) is 112. The topological polar surface area (TPSA) is 237 Å². The fraction of sp³-hybridized carbons (Fsp3) is 0.516. The molecule has 19 heteroatoms. The first kappa shape index (κ1) is 107. The largest absolute Gasteiger partial charge is 0.472 e. The van der Waals surface area contributed by atoms with E-state index in [-0.39, 0.29) is 25.7 Å². The number of hydrogen-bond donors (Lipinski definition) is 3. The highest BCUT2D eigenvalue weighted by Gasteiger charge is 2.30. The van der Waals surface area contributed by atoms with Gasteiger partial charge in [-0.3, -0.25) is 37.3 Å². The van der Waals surface area contributed by atoms with Crippen molar-refractivity contribution in [2.45, 2.75) is 277 Å². The number of unbranched alkanes of at least 4 members (excludes halogenated alkanes) is 7. The first-order valence-electron chi connectivity index (χ1n) is 41.9. The molecular formula is C95H144O17P2. The Balaban J connectivity index is 5.67. The van der Waals surface area contributed by atoms with Crippen LogP contribution >= 0.6 is 15.6 Å². The van der Waals surface area contributed by atoms with Gasteiger partial charge in [-0.1, -0.05) is 309 Å². The monoisotopic (exact) mass is 1620 g/mol. The Hall–Kier alpha value is -7.40. The number of aliphatic hydroxyl groups excluding tert-OH is 1. The summed E-state index contributed by atoms with van der Waals surface area (Å²) in [5, 5.41) is 10.7. The molecule has 0 saturated carbocycles. The van der Waals surface area contributed by atoms with Crippen molar-refractivity contribution in [2.24, 2.45) is 0 Å². The number of phosphoric ester groups is 2. The van der Waals surface area contributed by atoms with E-state index in [0.29, 0.717) is 51.4 Å². The number of carbonyl (C=O) groups is 4. The van der Waals surface area contributed by atoms with Gasteiger partial charge < -0.3 is 33.8 Å². The van der Waals surface area contributed by atoms with Crippen LogP contribution in [0.25, 0.3) is 0 Å². The molecule has 0 bridgehead atoms. The van der Waals surface area contributed by atoms with E-state index < -0.39 is 97.5 Å². The minimum absolute atomic E-state index is 0.00496. The second-order valence-corrected chi connectivity index (χ2v) is 29.5. The molecule has 0 radical (unpaired) electrons.